The monoisotopic (exact) mass is 255 g/mol. The van der Waals surface area contributed by atoms with Gasteiger partial charge in [0, 0.05) is 6.04 Å². The fourth-order valence-electron chi connectivity index (χ4n) is 1.89. The molecule has 0 radical (unpaired) electrons. The van der Waals surface area contributed by atoms with Crippen molar-refractivity contribution in [2.24, 2.45) is 0 Å². The van der Waals surface area contributed by atoms with Gasteiger partial charge in [-0.3, -0.25) is 0 Å². The minimum atomic E-state index is 0.111. The maximum Gasteiger partial charge on any atom is 0.138 e. The van der Waals surface area contributed by atoms with Gasteiger partial charge in [0.2, 0.25) is 0 Å². The summed E-state index contributed by atoms with van der Waals surface area (Å²) in [5.41, 5.74) is 1.15. The third-order valence-corrected chi connectivity index (χ3v) is 3.17. The summed E-state index contributed by atoms with van der Waals surface area (Å²) >= 11 is 6.15. The summed E-state index contributed by atoms with van der Waals surface area (Å²) in [5.74, 6) is 0.765. The highest BCUT2D eigenvalue weighted by molar-refractivity contribution is 6.32. The number of ether oxygens (including phenoxy) is 1. The molecule has 3 heteroatoms. The number of nitrogens with one attached hydrogen (secondary N) is 1. The molecule has 1 aromatic rings. The van der Waals surface area contributed by atoms with Crippen molar-refractivity contribution in [2.45, 2.75) is 46.3 Å². The molecule has 0 saturated heterocycles. The highest BCUT2D eigenvalue weighted by Gasteiger charge is 2.16. The molecule has 0 spiro atoms. The van der Waals surface area contributed by atoms with Crippen LogP contribution in [0.5, 0.6) is 5.75 Å². The molecule has 2 unspecified atom stereocenters. The van der Waals surface area contributed by atoms with E-state index in [2.05, 4.69) is 26.1 Å². The number of aryl methyl sites for hydroxylation is 1. The molecule has 2 atom stereocenters. The summed E-state index contributed by atoms with van der Waals surface area (Å²) in [6.45, 7) is 9.31. The number of rotatable bonds is 6. The van der Waals surface area contributed by atoms with Crippen LogP contribution in [0.3, 0.4) is 0 Å². The molecule has 0 fully saturated rings. The van der Waals surface area contributed by atoms with Gasteiger partial charge in [-0.1, -0.05) is 31.5 Å². The lowest BCUT2D eigenvalue weighted by Crippen LogP contribution is -2.40. The molecular weight excluding hydrogens is 234 g/mol. The van der Waals surface area contributed by atoms with E-state index in [-0.39, 0.29) is 6.10 Å². The van der Waals surface area contributed by atoms with Crippen molar-refractivity contribution in [3.63, 3.8) is 0 Å². The molecule has 96 valence electrons. The first kappa shape index (κ1) is 14.3. The van der Waals surface area contributed by atoms with Crippen LogP contribution in [0.15, 0.2) is 18.2 Å². The number of hydrogen-bond acceptors (Lipinski definition) is 2. The van der Waals surface area contributed by atoms with E-state index < -0.39 is 0 Å². The van der Waals surface area contributed by atoms with Crippen molar-refractivity contribution in [2.75, 3.05) is 6.54 Å². The van der Waals surface area contributed by atoms with Gasteiger partial charge in [-0.2, -0.15) is 0 Å². The van der Waals surface area contributed by atoms with Gasteiger partial charge in [0.15, 0.2) is 0 Å². The van der Waals surface area contributed by atoms with Gasteiger partial charge < -0.3 is 10.1 Å². The predicted molar refractivity (Wildman–Crippen MR) is 74.0 cm³/mol. The first-order valence-electron chi connectivity index (χ1n) is 6.24. The molecule has 0 aliphatic carbocycles. The van der Waals surface area contributed by atoms with Crippen molar-refractivity contribution in [1.82, 2.24) is 5.32 Å². The lowest BCUT2D eigenvalue weighted by molar-refractivity contribution is 0.168. The van der Waals surface area contributed by atoms with Crippen LogP contribution in [0.1, 0.15) is 32.8 Å². The van der Waals surface area contributed by atoms with Crippen LogP contribution in [-0.4, -0.2) is 18.7 Å². The minimum absolute atomic E-state index is 0.111. The van der Waals surface area contributed by atoms with E-state index in [9.17, 15) is 0 Å². The molecular formula is C14H22ClNO. The highest BCUT2D eigenvalue weighted by atomic mass is 35.5. The van der Waals surface area contributed by atoms with Gasteiger partial charge in [-0.25, -0.2) is 0 Å². The second-order valence-corrected chi connectivity index (χ2v) is 4.74. The number of halogens is 1. The lowest BCUT2D eigenvalue weighted by Gasteiger charge is -2.25. The number of likely N-dealkylation sites (N-methyl/N-ethyl adjacent to an activating group) is 1. The van der Waals surface area contributed by atoms with Gasteiger partial charge >= 0.3 is 0 Å². The molecule has 0 bridgehead atoms. The normalized spacial score (nSPS) is 14.4. The van der Waals surface area contributed by atoms with Gasteiger partial charge in [-0.15, -0.1) is 0 Å². The average Bonchev–Trinajstić information content (AvgIpc) is 2.29. The van der Waals surface area contributed by atoms with E-state index in [1.807, 2.05) is 25.1 Å². The van der Waals surface area contributed by atoms with Gasteiger partial charge in [0.25, 0.3) is 0 Å². The molecule has 0 heterocycles. The average molecular weight is 256 g/mol. The Morgan fingerprint density at radius 2 is 2.06 bits per heavy atom. The van der Waals surface area contributed by atoms with E-state index in [4.69, 9.17) is 16.3 Å². The van der Waals surface area contributed by atoms with E-state index in [1.165, 1.54) is 0 Å². The van der Waals surface area contributed by atoms with Gasteiger partial charge in [-0.05, 0) is 44.5 Å². The summed E-state index contributed by atoms with van der Waals surface area (Å²) < 4.78 is 5.91. The fraction of sp³-hybridized carbons (Fsp3) is 0.571. The molecule has 2 nitrogen and oxygen atoms in total. The van der Waals surface area contributed by atoms with Crippen LogP contribution in [0.25, 0.3) is 0 Å². The summed E-state index contributed by atoms with van der Waals surface area (Å²) in [7, 11) is 0. The molecule has 0 saturated carbocycles. The summed E-state index contributed by atoms with van der Waals surface area (Å²) in [4.78, 5) is 0. The molecule has 1 aromatic carbocycles. The smallest absolute Gasteiger partial charge is 0.138 e. The minimum Gasteiger partial charge on any atom is -0.488 e. The van der Waals surface area contributed by atoms with Gasteiger partial charge in [0.05, 0.1) is 5.02 Å². The first-order valence-corrected chi connectivity index (χ1v) is 6.62. The Morgan fingerprint density at radius 3 is 2.59 bits per heavy atom. The highest BCUT2D eigenvalue weighted by Crippen LogP contribution is 2.26. The zero-order chi connectivity index (χ0) is 12.8. The Morgan fingerprint density at radius 1 is 1.35 bits per heavy atom. The molecule has 0 aliphatic heterocycles. The standard InChI is InChI=1S/C14H22ClNO/c1-5-13(16-6-2)11(4)17-14-8-7-10(3)9-12(14)15/h7-9,11,13,16H,5-6H2,1-4H3. The van der Waals surface area contributed by atoms with Crippen molar-refractivity contribution in [1.29, 1.82) is 0 Å². The Balaban J connectivity index is 2.69. The van der Waals surface area contributed by atoms with E-state index in [1.54, 1.807) is 0 Å². The third-order valence-electron chi connectivity index (χ3n) is 2.87. The van der Waals surface area contributed by atoms with Crippen molar-refractivity contribution < 1.29 is 4.74 Å². The molecule has 1 rings (SSSR count). The van der Waals surface area contributed by atoms with Crippen LogP contribution < -0.4 is 10.1 Å². The van der Waals surface area contributed by atoms with E-state index in [0.29, 0.717) is 11.1 Å². The van der Waals surface area contributed by atoms with Crippen molar-refractivity contribution >= 4 is 11.6 Å². The molecule has 0 aromatic heterocycles. The largest absolute Gasteiger partial charge is 0.488 e. The Hall–Kier alpha value is -0.730. The zero-order valence-electron chi connectivity index (χ0n) is 11.1. The zero-order valence-corrected chi connectivity index (χ0v) is 11.8. The first-order chi connectivity index (χ1) is 8.08. The molecule has 0 aliphatic rings. The van der Waals surface area contributed by atoms with Crippen LogP contribution in [-0.2, 0) is 0 Å². The Kier molecular flexibility index (Phi) is 5.79. The molecule has 1 N–H and O–H groups in total. The quantitative estimate of drug-likeness (QED) is 0.835. The third kappa shape index (κ3) is 4.21. The Bertz CT molecular complexity index is 354. The van der Waals surface area contributed by atoms with Crippen molar-refractivity contribution in [3.8, 4) is 5.75 Å². The fourth-order valence-corrected chi connectivity index (χ4v) is 2.17. The van der Waals surface area contributed by atoms with Crippen molar-refractivity contribution in [3.05, 3.63) is 28.8 Å². The summed E-state index contributed by atoms with van der Waals surface area (Å²) in [6.07, 6.45) is 1.15. The SMILES string of the molecule is CCNC(CC)C(C)Oc1ccc(C)cc1Cl. The summed E-state index contributed by atoms with van der Waals surface area (Å²) in [5, 5.41) is 4.10. The molecule has 0 amide bonds. The van der Waals surface area contributed by atoms with Crippen LogP contribution in [0.4, 0.5) is 0 Å². The Labute approximate surface area is 109 Å². The lowest BCUT2D eigenvalue weighted by atomic mass is 10.1. The number of benzene rings is 1. The second kappa shape index (κ2) is 6.87. The van der Waals surface area contributed by atoms with Crippen LogP contribution in [0, 0.1) is 6.92 Å². The topological polar surface area (TPSA) is 21.3 Å². The maximum absolute atomic E-state index is 6.15. The van der Waals surface area contributed by atoms with E-state index in [0.717, 1.165) is 24.3 Å². The summed E-state index contributed by atoms with van der Waals surface area (Å²) in [6, 6.07) is 6.24. The van der Waals surface area contributed by atoms with Crippen LogP contribution >= 0.6 is 11.6 Å². The van der Waals surface area contributed by atoms with Gasteiger partial charge in [0.1, 0.15) is 11.9 Å². The maximum atomic E-state index is 6.15. The van der Waals surface area contributed by atoms with Crippen LogP contribution in [0.2, 0.25) is 5.02 Å². The predicted octanol–water partition coefficient (Wildman–Crippen LogP) is 3.80. The second-order valence-electron chi connectivity index (χ2n) is 4.33. The number of hydrogen-bond donors (Lipinski definition) is 1. The molecule has 17 heavy (non-hydrogen) atoms. The van der Waals surface area contributed by atoms with E-state index >= 15 is 0 Å².